The first-order valence-electron chi connectivity index (χ1n) is 3.06. The van der Waals surface area contributed by atoms with Gasteiger partial charge in [0.05, 0.1) is 0 Å². The number of primary amides is 1. The molecule has 12 heavy (non-hydrogen) atoms. The molecule has 0 aliphatic rings. The molecule has 0 saturated carbocycles. The molecule has 0 saturated heterocycles. The summed E-state index contributed by atoms with van der Waals surface area (Å²) in [6.07, 6.45) is 0. The molecule has 0 aliphatic heterocycles. The molecule has 0 atom stereocenters. The molecule has 64 valence electrons. The zero-order chi connectivity index (χ0) is 9.14. The number of amides is 1. The van der Waals surface area contributed by atoms with Crippen molar-refractivity contribution in [2.45, 2.75) is 0 Å². The maximum atomic E-state index is 10.7. The average molecular weight is 251 g/mol. The van der Waals surface area contributed by atoms with Gasteiger partial charge >= 0.3 is 80.8 Å². The van der Waals surface area contributed by atoms with E-state index < -0.39 is 21.2 Å². The Morgan fingerprint density at radius 1 is 1.58 bits per heavy atom. The fourth-order valence-corrected chi connectivity index (χ4v) is 1.67. The van der Waals surface area contributed by atoms with Gasteiger partial charge in [-0.15, -0.1) is 0 Å². The molecule has 0 bridgehead atoms. The van der Waals surface area contributed by atoms with Crippen LogP contribution in [0.25, 0.3) is 0 Å². The van der Waals surface area contributed by atoms with E-state index in [0.29, 0.717) is 15.0 Å². The second-order valence-corrected chi connectivity index (χ2v) is 3.81. The Bertz CT molecular complexity index is 316. The number of carbonyl (C=O) groups is 1. The molecule has 1 amide bonds. The van der Waals surface area contributed by atoms with Crippen LogP contribution in [-0.4, -0.2) is 25.4 Å². The number of hydrogen-bond donors (Lipinski definition) is 2. The molecular weight excluding hydrogens is 244 g/mol. The van der Waals surface area contributed by atoms with E-state index in [1.165, 1.54) is 6.07 Å². The van der Waals surface area contributed by atoms with Crippen LogP contribution in [0.5, 0.6) is 0 Å². The van der Waals surface area contributed by atoms with Gasteiger partial charge in [-0.25, -0.2) is 0 Å². The minimum atomic E-state index is -0.646. The predicted molar refractivity (Wildman–Crippen MR) is 47.6 cm³/mol. The van der Waals surface area contributed by atoms with Crippen molar-refractivity contribution in [3.05, 3.63) is 28.8 Å². The van der Waals surface area contributed by atoms with Gasteiger partial charge < -0.3 is 0 Å². The van der Waals surface area contributed by atoms with Crippen LogP contribution in [0.1, 0.15) is 10.4 Å². The quantitative estimate of drug-likeness (QED) is 0.707. The third-order valence-electron chi connectivity index (χ3n) is 1.31. The fraction of sp³-hybridized carbons (Fsp3) is 0. The summed E-state index contributed by atoms with van der Waals surface area (Å²) < 4.78 is 9.46. The number of rotatable bonds is 2. The molecule has 0 radical (unpaired) electrons. The van der Waals surface area contributed by atoms with Gasteiger partial charge in [-0.05, 0) is 0 Å². The van der Waals surface area contributed by atoms with Crippen molar-refractivity contribution in [3.63, 3.8) is 0 Å². The number of carbonyl (C=O) groups excluding carboxylic acids is 1. The van der Waals surface area contributed by atoms with Crippen molar-refractivity contribution in [3.8, 4) is 0 Å². The zero-order valence-electron chi connectivity index (χ0n) is 5.95. The van der Waals surface area contributed by atoms with E-state index >= 15 is 0 Å². The van der Waals surface area contributed by atoms with E-state index in [1.54, 1.807) is 12.1 Å². The van der Waals surface area contributed by atoms with Crippen LogP contribution < -0.4 is 10.2 Å². The van der Waals surface area contributed by atoms with Crippen molar-refractivity contribution in [2.75, 3.05) is 0 Å². The van der Waals surface area contributed by atoms with Crippen LogP contribution in [-0.2, 0) is 0 Å². The van der Waals surface area contributed by atoms with Crippen LogP contribution in [0.2, 0.25) is 5.02 Å². The van der Waals surface area contributed by atoms with Crippen molar-refractivity contribution >= 4 is 37.3 Å². The summed E-state index contributed by atoms with van der Waals surface area (Å²) in [6, 6.07) is 4.60. The molecule has 0 aliphatic carbocycles. The SMILES string of the molecule is NC(=O)c1ccc([Se]O)c(Cl)c1. The topological polar surface area (TPSA) is 63.3 Å². The standard InChI is InChI=1S/C7H6ClNO2Se/c8-5-3-4(7(9)10)1-2-6(5)12-11/h1-3,11H,(H2,9,10). The zero-order valence-corrected chi connectivity index (χ0v) is 8.42. The molecule has 0 fully saturated rings. The van der Waals surface area contributed by atoms with Gasteiger partial charge in [-0.3, -0.25) is 0 Å². The Labute approximate surface area is 81.0 Å². The van der Waals surface area contributed by atoms with Crippen LogP contribution in [0.4, 0.5) is 0 Å². The molecule has 0 spiro atoms. The fourth-order valence-electron chi connectivity index (χ4n) is 0.728. The maximum absolute atomic E-state index is 10.7. The van der Waals surface area contributed by atoms with E-state index in [0.717, 1.165) is 0 Å². The molecule has 1 aromatic rings. The predicted octanol–water partition coefficient (Wildman–Crippen LogP) is -0.324. The minimum absolute atomic E-state index is 0.355. The molecule has 5 heteroatoms. The normalized spacial score (nSPS) is 9.83. The van der Waals surface area contributed by atoms with E-state index in [9.17, 15) is 4.79 Å². The Hall–Kier alpha value is -0.541. The molecule has 0 heterocycles. The number of benzene rings is 1. The molecule has 0 aromatic heterocycles. The summed E-state index contributed by atoms with van der Waals surface area (Å²) in [5.74, 6) is -0.520. The summed E-state index contributed by atoms with van der Waals surface area (Å²) in [4.78, 5) is 10.7. The van der Waals surface area contributed by atoms with Gasteiger partial charge in [0, 0.05) is 0 Å². The average Bonchev–Trinajstić information content (AvgIpc) is 2.04. The molecule has 3 nitrogen and oxygen atoms in total. The van der Waals surface area contributed by atoms with Crippen LogP contribution in [0.15, 0.2) is 18.2 Å². The first-order chi connectivity index (χ1) is 5.65. The number of hydrogen-bond acceptors (Lipinski definition) is 2. The van der Waals surface area contributed by atoms with E-state index in [-0.39, 0.29) is 0 Å². The van der Waals surface area contributed by atoms with Gasteiger partial charge in [0.2, 0.25) is 0 Å². The first kappa shape index (κ1) is 9.55. The summed E-state index contributed by atoms with van der Waals surface area (Å²) >= 11 is 5.08. The third kappa shape index (κ3) is 1.99. The Morgan fingerprint density at radius 3 is 2.67 bits per heavy atom. The van der Waals surface area contributed by atoms with Gasteiger partial charge in [-0.2, -0.15) is 0 Å². The van der Waals surface area contributed by atoms with Crippen LogP contribution in [0.3, 0.4) is 0 Å². The summed E-state index contributed by atoms with van der Waals surface area (Å²) in [7, 11) is 0. The number of halogens is 1. The Kier molecular flexibility index (Phi) is 3.12. The van der Waals surface area contributed by atoms with Gasteiger partial charge in [-0.1, -0.05) is 0 Å². The van der Waals surface area contributed by atoms with E-state index in [1.807, 2.05) is 0 Å². The van der Waals surface area contributed by atoms with E-state index in [2.05, 4.69) is 0 Å². The second-order valence-electron chi connectivity index (χ2n) is 2.10. The second kappa shape index (κ2) is 3.92. The Morgan fingerprint density at radius 2 is 2.25 bits per heavy atom. The molecule has 1 rings (SSSR count). The van der Waals surface area contributed by atoms with Gasteiger partial charge in [0.1, 0.15) is 0 Å². The Balaban J connectivity index is 3.10. The van der Waals surface area contributed by atoms with Crippen LogP contribution >= 0.6 is 11.6 Å². The molecule has 1 aromatic carbocycles. The van der Waals surface area contributed by atoms with E-state index in [4.69, 9.17) is 21.5 Å². The number of nitrogens with two attached hydrogens (primary N) is 1. The van der Waals surface area contributed by atoms with Gasteiger partial charge in [0.25, 0.3) is 0 Å². The summed E-state index contributed by atoms with van der Waals surface area (Å²) in [5, 5.41) is 0.383. The van der Waals surface area contributed by atoms with Crippen molar-refractivity contribution in [1.29, 1.82) is 0 Å². The third-order valence-corrected chi connectivity index (χ3v) is 3.04. The van der Waals surface area contributed by atoms with Crippen LogP contribution in [0, 0.1) is 0 Å². The van der Waals surface area contributed by atoms with Crippen molar-refractivity contribution in [1.82, 2.24) is 0 Å². The van der Waals surface area contributed by atoms with Crippen molar-refractivity contribution in [2.24, 2.45) is 5.73 Å². The molecular formula is C7H6ClNO2Se. The summed E-state index contributed by atoms with van der Waals surface area (Å²) in [6.45, 7) is 0. The molecule has 3 N–H and O–H groups in total. The monoisotopic (exact) mass is 251 g/mol. The summed E-state index contributed by atoms with van der Waals surface area (Å²) in [5.41, 5.74) is 5.37. The molecule has 0 unspecified atom stereocenters. The first-order valence-corrected chi connectivity index (χ1v) is 5.06. The van der Waals surface area contributed by atoms with Crippen molar-refractivity contribution < 1.29 is 8.98 Å². The van der Waals surface area contributed by atoms with Gasteiger partial charge in [0.15, 0.2) is 0 Å².